The van der Waals surface area contributed by atoms with Crippen LogP contribution in [0.25, 0.3) is 4.85 Å². The number of rotatable bonds is 4. The van der Waals surface area contributed by atoms with Gasteiger partial charge in [-0.2, -0.15) is 0 Å². The fraction of sp³-hybridized carbons (Fsp3) is 0.679. The molecule has 1 N–H and O–H groups in total. The molecule has 4 fully saturated rings. The maximum absolute atomic E-state index is 14.2. The molecule has 0 radical (unpaired) electrons. The monoisotopic (exact) mass is 523 g/mol. The lowest BCUT2D eigenvalue weighted by atomic mass is 9.91. The van der Waals surface area contributed by atoms with Crippen molar-refractivity contribution in [3.63, 3.8) is 0 Å². The maximum atomic E-state index is 14.2. The summed E-state index contributed by atoms with van der Waals surface area (Å²) in [6, 6.07) is 0.216. The van der Waals surface area contributed by atoms with Crippen LogP contribution in [-0.2, 0) is 14.3 Å². The molecule has 1 saturated carbocycles. The Balaban J connectivity index is 1.37. The van der Waals surface area contributed by atoms with Crippen molar-refractivity contribution in [2.24, 2.45) is 0 Å². The van der Waals surface area contributed by atoms with Crippen LogP contribution < -0.4 is 10.1 Å². The van der Waals surface area contributed by atoms with E-state index in [1.807, 2.05) is 11.0 Å². The molecule has 38 heavy (non-hydrogen) atoms. The lowest BCUT2D eigenvalue weighted by molar-refractivity contribution is -0.147. The number of methoxy groups -OCH3 is 1. The number of hydrogen-bond donors (Lipinski definition) is 1. The minimum atomic E-state index is -0.719. The van der Waals surface area contributed by atoms with Crippen molar-refractivity contribution in [3.05, 3.63) is 35.4 Å². The van der Waals surface area contributed by atoms with Gasteiger partial charge in [-0.3, -0.25) is 14.6 Å². The Morgan fingerprint density at radius 1 is 1.18 bits per heavy atom. The summed E-state index contributed by atoms with van der Waals surface area (Å²) in [5.41, 5.74) is -0.271. The van der Waals surface area contributed by atoms with Crippen LogP contribution in [0, 0.1) is 6.57 Å². The number of aromatic nitrogens is 1. The number of ether oxygens (including phenoxy) is 2. The number of alkyl carbamates (subject to hydrolysis) is 1. The average Bonchev–Trinajstić information content (AvgIpc) is 3.47. The van der Waals surface area contributed by atoms with Gasteiger partial charge in [0.1, 0.15) is 29.0 Å². The zero-order valence-corrected chi connectivity index (χ0v) is 22.6. The molecule has 10 heteroatoms. The number of carbonyl (C=O) groups is 3. The Hall–Kier alpha value is -3.35. The summed E-state index contributed by atoms with van der Waals surface area (Å²) in [6.07, 6.45) is 7.79. The van der Waals surface area contributed by atoms with Crippen LogP contribution >= 0.6 is 0 Å². The van der Waals surface area contributed by atoms with E-state index in [1.54, 1.807) is 45.2 Å². The molecule has 0 aromatic carbocycles. The van der Waals surface area contributed by atoms with Crippen LogP contribution in [0.2, 0.25) is 0 Å². The highest BCUT2D eigenvalue weighted by molar-refractivity contribution is 5.93. The summed E-state index contributed by atoms with van der Waals surface area (Å²) in [5, 5.41) is 2.76. The molecule has 1 aromatic heterocycles. The van der Waals surface area contributed by atoms with Crippen molar-refractivity contribution in [2.45, 2.75) is 107 Å². The van der Waals surface area contributed by atoms with Crippen molar-refractivity contribution in [2.75, 3.05) is 13.7 Å². The molecule has 1 aliphatic carbocycles. The van der Waals surface area contributed by atoms with Gasteiger partial charge in [-0.25, -0.2) is 11.4 Å². The predicted octanol–water partition coefficient (Wildman–Crippen LogP) is 3.27. The van der Waals surface area contributed by atoms with Crippen LogP contribution in [0.3, 0.4) is 0 Å². The molecule has 1 aromatic rings. The first-order chi connectivity index (χ1) is 18.1. The van der Waals surface area contributed by atoms with Gasteiger partial charge in [-0.15, -0.1) is 0 Å². The van der Waals surface area contributed by atoms with Gasteiger partial charge in [0.25, 0.3) is 6.04 Å². The van der Waals surface area contributed by atoms with E-state index in [0.717, 1.165) is 37.7 Å². The van der Waals surface area contributed by atoms with E-state index >= 15 is 0 Å². The molecular formula is C28H37N5O5. The van der Waals surface area contributed by atoms with Crippen LogP contribution in [0.4, 0.5) is 4.79 Å². The Labute approximate surface area is 223 Å². The first-order valence-electron chi connectivity index (χ1n) is 13.6. The number of amides is 3. The molecule has 0 bridgehead atoms. The van der Waals surface area contributed by atoms with Crippen LogP contribution in [0.15, 0.2) is 18.5 Å². The summed E-state index contributed by atoms with van der Waals surface area (Å²) in [5.74, 6) is 0.162. The van der Waals surface area contributed by atoms with Gasteiger partial charge in [0.15, 0.2) is 0 Å². The van der Waals surface area contributed by atoms with Gasteiger partial charge in [0.2, 0.25) is 11.8 Å². The molecule has 5 atom stereocenters. The zero-order valence-electron chi connectivity index (χ0n) is 22.6. The average molecular weight is 524 g/mol. The third kappa shape index (κ3) is 4.67. The highest BCUT2D eigenvalue weighted by Crippen LogP contribution is 2.56. The quantitative estimate of drug-likeness (QED) is 0.608. The van der Waals surface area contributed by atoms with E-state index < -0.39 is 29.3 Å². The second-order valence-electron chi connectivity index (χ2n) is 12.0. The molecular weight excluding hydrogens is 486 g/mol. The second kappa shape index (κ2) is 9.75. The first kappa shape index (κ1) is 26.3. The SMILES string of the molecule is [C-]#[N+][C@H]1[C@H](c2cncc(OC)c2)CN(C(=O)[C@@H]2CC[C@@H]3CCC[C@H](NC(=O)OC(C)(C)C)C(=O)N32)C12CC2. The maximum Gasteiger partial charge on any atom is 0.408 e. The molecule has 10 nitrogen and oxygen atoms in total. The third-order valence-electron chi connectivity index (χ3n) is 8.48. The number of nitrogens with one attached hydrogen (secondary N) is 1. The number of nitrogens with zero attached hydrogens (tertiary/aromatic N) is 4. The molecule has 3 saturated heterocycles. The normalized spacial score (nSPS) is 29.9. The molecule has 4 aliphatic rings. The summed E-state index contributed by atoms with van der Waals surface area (Å²) in [4.78, 5) is 52.3. The van der Waals surface area contributed by atoms with Gasteiger partial charge in [0.05, 0.1) is 19.2 Å². The van der Waals surface area contributed by atoms with E-state index in [-0.39, 0.29) is 29.8 Å². The van der Waals surface area contributed by atoms with E-state index in [1.165, 1.54) is 0 Å². The molecule has 3 aliphatic heterocycles. The Morgan fingerprint density at radius 3 is 2.61 bits per heavy atom. The number of carbonyl (C=O) groups excluding carboxylic acids is 3. The summed E-state index contributed by atoms with van der Waals surface area (Å²) < 4.78 is 10.7. The van der Waals surface area contributed by atoms with Crippen molar-refractivity contribution < 1.29 is 23.9 Å². The molecule has 4 heterocycles. The Bertz CT molecular complexity index is 1150. The van der Waals surface area contributed by atoms with Crippen molar-refractivity contribution in [1.29, 1.82) is 0 Å². The predicted molar refractivity (Wildman–Crippen MR) is 138 cm³/mol. The smallest absolute Gasteiger partial charge is 0.408 e. The van der Waals surface area contributed by atoms with E-state index in [4.69, 9.17) is 16.0 Å². The van der Waals surface area contributed by atoms with E-state index in [9.17, 15) is 14.4 Å². The lowest BCUT2D eigenvalue weighted by Crippen LogP contribution is -2.56. The minimum absolute atomic E-state index is 0.0188. The molecule has 0 unspecified atom stereocenters. The summed E-state index contributed by atoms with van der Waals surface area (Å²) in [6.45, 7) is 13.8. The standard InChI is InChI=1S/C28H37N5O5/c1-27(2,3)38-26(36)31-21-8-6-7-18-9-10-22(33(18)24(21)34)25(35)32-16-20(23(29-4)28(32)11-12-28)17-13-19(37-5)15-30-14-17/h13-15,18,20-23H,6-12,16H2,1-3,5H3,(H,31,36)/t18-,20-,21-,22-,23-/m0/s1. The molecule has 1 spiro atoms. The topological polar surface area (TPSA) is 105 Å². The van der Waals surface area contributed by atoms with Crippen molar-refractivity contribution >= 4 is 17.9 Å². The number of hydrogen-bond acceptors (Lipinski definition) is 6. The fourth-order valence-corrected chi connectivity index (χ4v) is 6.63. The van der Waals surface area contributed by atoms with Crippen molar-refractivity contribution in [3.8, 4) is 5.75 Å². The highest BCUT2D eigenvalue weighted by Gasteiger charge is 2.68. The number of pyridine rings is 1. The Morgan fingerprint density at radius 2 is 1.95 bits per heavy atom. The summed E-state index contributed by atoms with van der Waals surface area (Å²) in [7, 11) is 1.58. The number of likely N-dealkylation sites (tertiary alicyclic amines) is 1. The van der Waals surface area contributed by atoms with Gasteiger partial charge >= 0.3 is 6.09 Å². The highest BCUT2D eigenvalue weighted by atomic mass is 16.6. The van der Waals surface area contributed by atoms with E-state index in [2.05, 4.69) is 15.1 Å². The van der Waals surface area contributed by atoms with Crippen molar-refractivity contribution in [1.82, 2.24) is 20.1 Å². The van der Waals surface area contributed by atoms with Crippen LogP contribution in [-0.4, -0.2) is 81.7 Å². The molecule has 3 amide bonds. The Kier molecular flexibility index (Phi) is 6.74. The van der Waals surface area contributed by atoms with Gasteiger partial charge in [-0.1, -0.05) is 0 Å². The molecule has 5 rings (SSSR count). The van der Waals surface area contributed by atoms with Gasteiger partial charge in [-0.05, 0) is 77.3 Å². The second-order valence-corrected chi connectivity index (χ2v) is 12.0. The van der Waals surface area contributed by atoms with Crippen LogP contribution in [0.5, 0.6) is 5.75 Å². The lowest BCUT2D eigenvalue weighted by Gasteiger charge is -2.34. The van der Waals surface area contributed by atoms with Gasteiger partial charge < -0.3 is 29.4 Å². The number of fused-ring (bicyclic) bond motifs is 1. The van der Waals surface area contributed by atoms with Crippen LogP contribution in [0.1, 0.15) is 77.2 Å². The van der Waals surface area contributed by atoms with Gasteiger partial charge in [0, 0.05) is 18.8 Å². The minimum Gasteiger partial charge on any atom is -0.495 e. The third-order valence-corrected chi connectivity index (χ3v) is 8.48. The first-order valence-corrected chi connectivity index (χ1v) is 13.6. The molecule has 204 valence electrons. The largest absolute Gasteiger partial charge is 0.495 e. The van der Waals surface area contributed by atoms with E-state index in [0.29, 0.717) is 25.1 Å². The zero-order chi connectivity index (χ0) is 27.2. The summed E-state index contributed by atoms with van der Waals surface area (Å²) >= 11 is 0. The fourth-order valence-electron chi connectivity index (χ4n) is 6.63.